The minimum Gasteiger partial charge on any atom is -0.355 e. The quantitative estimate of drug-likeness (QED) is 0.467. The predicted molar refractivity (Wildman–Crippen MR) is 120 cm³/mol. The molecule has 0 bridgehead atoms. The molecule has 0 aliphatic carbocycles. The number of anilines is 4. The second-order valence-electron chi connectivity index (χ2n) is 7.11. The highest BCUT2D eigenvalue weighted by Gasteiger charge is 2.18. The average molecular weight is 455 g/mol. The molecule has 0 saturated heterocycles. The highest BCUT2D eigenvalue weighted by Crippen LogP contribution is 2.29. The Labute approximate surface area is 188 Å². The van der Waals surface area contributed by atoms with Crippen LogP contribution in [-0.4, -0.2) is 35.4 Å². The fourth-order valence-corrected chi connectivity index (χ4v) is 3.54. The van der Waals surface area contributed by atoms with Crippen LogP contribution in [-0.2, 0) is 6.42 Å². The van der Waals surface area contributed by atoms with Crippen LogP contribution in [0.4, 0.5) is 27.5 Å². The van der Waals surface area contributed by atoms with Crippen molar-refractivity contribution in [1.29, 1.82) is 0 Å². The number of hydrogen-bond donors (Lipinski definition) is 4. The molecule has 2 aromatic carbocycles. The van der Waals surface area contributed by atoms with Crippen molar-refractivity contribution < 1.29 is 14.0 Å². The van der Waals surface area contributed by atoms with Gasteiger partial charge in [0, 0.05) is 24.8 Å². The van der Waals surface area contributed by atoms with E-state index in [2.05, 4.69) is 31.2 Å². The molecule has 0 atom stereocenters. The van der Waals surface area contributed by atoms with E-state index in [1.807, 2.05) is 12.1 Å². The lowest BCUT2D eigenvalue weighted by atomic mass is 10.0. The van der Waals surface area contributed by atoms with E-state index in [-0.39, 0.29) is 33.9 Å². The van der Waals surface area contributed by atoms with E-state index in [4.69, 9.17) is 11.6 Å². The molecule has 0 radical (unpaired) electrons. The first-order valence-electron chi connectivity index (χ1n) is 9.94. The fourth-order valence-electron chi connectivity index (χ4n) is 3.40. The molecular formula is C22H20ClFN6O2. The van der Waals surface area contributed by atoms with Gasteiger partial charge in [-0.3, -0.25) is 9.59 Å². The van der Waals surface area contributed by atoms with Gasteiger partial charge in [-0.15, -0.1) is 0 Å². The van der Waals surface area contributed by atoms with Gasteiger partial charge in [-0.25, -0.2) is 9.37 Å². The van der Waals surface area contributed by atoms with Crippen LogP contribution in [0.25, 0.3) is 0 Å². The van der Waals surface area contributed by atoms with Crippen LogP contribution in [0.1, 0.15) is 32.7 Å². The average Bonchev–Trinajstić information content (AvgIpc) is 2.98. The summed E-state index contributed by atoms with van der Waals surface area (Å²) in [5, 5.41) is 11.3. The Morgan fingerprint density at radius 2 is 2.06 bits per heavy atom. The number of aromatic nitrogens is 2. The first-order valence-corrected chi connectivity index (χ1v) is 10.3. The van der Waals surface area contributed by atoms with E-state index in [1.165, 1.54) is 31.4 Å². The number of para-hydroxylation sites is 1. The van der Waals surface area contributed by atoms with Gasteiger partial charge in [-0.05, 0) is 42.7 Å². The van der Waals surface area contributed by atoms with Crippen LogP contribution in [0.2, 0.25) is 5.02 Å². The van der Waals surface area contributed by atoms with Gasteiger partial charge >= 0.3 is 0 Å². The summed E-state index contributed by atoms with van der Waals surface area (Å²) in [4.78, 5) is 32.9. The van der Waals surface area contributed by atoms with Crippen molar-refractivity contribution in [2.75, 3.05) is 24.2 Å². The number of nitrogens with zero attached hydrogens (tertiary/aromatic N) is 2. The number of aryl methyl sites for hydroxylation is 1. The zero-order valence-electron chi connectivity index (χ0n) is 17.1. The lowest BCUT2D eigenvalue weighted by Gasteiger charge is -2.14. The van der Waals surface area contributed by atoms with Crippen LogP contribution in [0.15, 0.2) is 42.6 Å². The number of carbonyl (C=O) groups is 2. The molecule has 2 amide bonds. The second kappa shape index (κ2) is 9.19. The smallest absolute Gasteiger partial charge is 0.253 e. The van der Waals surface area contributed by atoms with Crippen LogP contribution in [0, 0.1) is 5.82 Å². The molecule has 4 N–H and O–H groups in total. The molecule has 1 aromatic heterocycles. The number of nitrogens with one attached hydrogen (secondary N) is 4. The molecule has 0 unspecified atom stereocenters. The van der Waals surface area contributed by atoms with Gasteiger partial charge in [-0.1, -0.05) is 23.7 Å². The summed E-state index contributed by atoms with van der Waals surface area (Å²) in [5.41, 5.74) is 2.24. The van der Waals surface area contributed by atoms with Crippen LogP contribution < -0.4 is 21.3 Å². The van der Waals surface area contributed by atoms with Crippen molar-refractivity contribution in [3.8, 4) is 0 Å². The third kappa shape index (κ3) is 4.47. The number of benzene rings is 2. The summed E-state index contributed by atoms with van der Waals surface area (Å²) in [6.07, 6.45) is 3.06. The molecule has 2 heterocycles. The molecule has 32 heavy (non-hydrogen) atoms. The summed E-state index contributed by atoms with van der Waals surface area (Å²) in [6.45, 7) is 0.639. The summed E-state index contributed by atoms with van der Waals surface area (Å²) in [6, 6.07) is 9.62. The van der Waals surface area contributed by atoms with E-state index in [0.29, 0.717) is 17.8 Å². The summed E-state index contributed by atoms with van der Waals surface area (Å²) >= 11 is 6.21. The third-order valence-electron chi connectivity index (χ3n) is 4.99. The molecule has 4 rings (SSSR count). The third-order valence-corrected chi connectivity index (χ3v) is 5.27. The molecule has 0 saturated carbocycles. The van der Waals surface area contributed by atoms with Gasteiger partial charge < -0.3 is 21.3 Å². The second-order valence-corrected chi connectivity index (χ2v) is 7.52. The lowest BCUT2D eigenvalue weighted by molar-refractivity contribution is 0.0951. The standard InChI is InChI=1S/C22H20ClFN6O2/c1-25-20(31)14-5-2-6-17(24)18(14)29-19-16(23)11-27-22(30-19)28-13-8-7-12-4-3-9-26-21(32)15(12)10-13/h2,5-8,10-11H,3-4,9H2,1H3,(H,25,31)(H,26,32)(H2,27,28,29,30). The van der Waals surface area contributed by atoms with Gasteiger partial charge in [0.15, 0.2) is 5.82 Å². The van der Waals surface area contributed by atoms with E-state index in [0.717, 1.165) is 18.4 Å². The van der Waals surface area contributed by atoms with Crippen LogP contribution >= 0.6 is 11.6 Å². The SMILES string of the molecule is CNC(=O)c1cccc(F)c1Nc1nc(Nc2ccc3c(c2)C(=O)NCCC3)ncc1Cl. The predicted octanol–water partition coefficient (Wildman–Crippen LogP) is 3.79. The molecule has 10 heteroatoms. The van der Waals surface area contributed by atoms with E-state index in [9.17, 15) is 14.0 Å². The molecule has 8 nitrogen and oxygen atoms in total. The minimum atomic E-state index is -0.632. The summed E-state index contributed by atoms with van der Waals surface area (Å²) < 4.78 is 14.5. The zero-order valence-corrected chi connectivity index (χ0v) is 17.9. The number of rotatable bonds is 5. The first kappa shape index (κ1) is 21.5. The van der Waals surface area contributed by atoms with Gasteiger partial charge in [0.1, 0.15) is 10.8 Å². The minimum absolute atomic E-state index is 0.0555. The van der Waals surface area contributed by atoms with E-state index >= 15 is 0 Å². The van der Waals surface area contributed by atoms with Crippen molar-refractivity contribution in [3.63, 3.8) is 0 Å². The van der Waals surface area contributed by atoms with E-state index < -0.39 is 11.7 Å². The molecule has 1 aliphatic rings. The van der Waals surface area contributed by atoms with Gasteiger partial charge in [0.05, 0.1) is 17.4 Å². The molecular weight excluding hydrogens is 435 g/mol. The van der Waals surface area contributed by atoms with Crippen molar-refractivity contribution in [3.05, 3.63) is 70.1 Å². The Kier molecular flexibility index (Phi) is 6.18. The summed E-state index contributed by atoms with van der Waals surface area (Å²) in [5.74, 6) is -0.914. The van der Waals surface area contributed by atoms with Gasteiger partial charge in [-0.2, -0.15) is 4.98 Å². The monoisotopic (exact) mass is 454 g/mol. The van der Waals surface area contributed by atoms with Crippen molar-refractivity contribution >= 4 is 46.6 Å². The largest absolute Gasteiger partial charge is 0.355 e. The number of fused-ring (bicyclic) bond motifs is 1. The number of carbonyl (C=O) groups excluding carboxylic acids is 2. The Balaban J connectivity index is 1.63. The molecule has 164 valence electrons. The lowest BCUT2D eigenvalue weighted by Crippen LogP contribution is -2.22. The van der Waals surface area contributed by atoms with Crippen molar-refractivity contribution in [2.45, 2.75) is 12.8 Å². The Hall–Kier alpha value is -3.72. The molecule has 3 aromatic rings. The van der Waals surface area contributed by atoms with E-state index in [1.54, 1.807) is 6.07 Å². The highest BCUT2D eigenvalue weighted by atomic mass is 35.5. The molecule has 1 aliphatic heterocycles. The van der Waals surface area contributed by atoms with Gasteiger partial charge in [0.25, 0.3) is 11.8 Å². The number of amides is 2. The van der Waals surface area contributed by atoms with Crippen LogP contribution in [0.5, 0.6) is 0 Å². The van der Waals surface area contributed by atoms with Crippen molar-refractivity contribution in [2.24, 2.45) is 0 Å². The zero-order chi connectivity index (χ0) is 22.7. The van der Waals surface area contributed by atoms with Gasteiger partial charge in [0.2, 0.25) is 5.95 Å². The number of hydrogen-bond acceptors (Lipinski definition) is 6. The normalized spacial score (nSPS) is 12.9. The van der Waals surface area contributed by atoms with Crippen molar-refractivity contribution in [1.82, 2.24) is 20.6 Å². The Morgan fingerprint density at radius 3 is 2.88 bits per heavy atom. The first-order chi connectivity index (χ1) is 15.5. The highest BCUT2D eigenvalue weighted by molar-refractivity contribution is 6.33. The van der Waals surface area contributed by atoms with Crippen LogP contribution in [0.3, 0.4) is 0 Å². The maximum atomic E-state index is 14.5. The Bertz CT molecular complexity index is 1200. The fraction of sp³-hybridized carbons (Fsp3) is 0.182. The topological polar surface area (TPSA) is 108 Å². The maximum absolute atomic E-state index is 14.5. The maximum Gasteiger partial charge on any atom is 0.253 e. The molecule has 0 spiro atoms. The molecule has 0 fully saturated rings. The summed E-state index contributed by atoms with van der Waals surface area (Å²) in [7, 11) is 1.46. The Morgan fingerprint density at radius 1 is 1.22 bits per heavy atom. The number of halogens is 2.